The fourth-order valence-electron chi connectivity index (χ4n) is 3.69. The maximum Gasteiger partial charge on any atom is 0.376 e. The number of nitrogens with one attached hydrogen (secondary N) is 1. The molecule has 0 aliphatic heterocycles. The lowest BCUT2D eigenvalue weighted by Crippen LogP contribution is -2.41. The Bertz CT molecular complexity index is 1370. The first-order chi connectivity index (χ1) is 17.2. The predicted molar refractivity (Wildman–Crippen MR) is 140 cm³/mol. The Kier molecular flexibility index (Phi) is 7.67. The molecule has 0 fully saturated rings. The highest BCUT2D eigenvalue weighted by atomic mass is 32.2. The number of carbonyl (C=O) groups excluding carboxylic acids is 1. The quantitative estimate of drug-likeness (QED) is 0.273. The Morgan fingerprint density at radius 1 is 1.19 bits per heavy atom. The van der Waals surface area contributed by atoms with Gasteiger partial charge in [0, 0.05) is 34.6 Å². The zero-order valence-corrected chi connectivity index (χ0v) is 21.9. The summed E-state index contributed by atoms with van der Waals surface area (Å²) in [6.07, 6.45) is 4.99. The summed E-state index contributed by atoms with van der Waals surface area (Å²) in [5.41, 5.74) is 3.36. The molecular weight excluding hydrogens is 476 g/mol. The van der Waals surface area contributed by atoms with Gasteiger partial charge in [0.15, 0.2) is 5.82 Å². The van der Waals surface area contributed by atoms with Crippen molar-refractivity contribution in [3.63, 3.8) is 0 Å². The van der Waals surface area contributed by atoms with Gasteiger partial charge < -0.3 is 9.29 Å². The number of aromatic nitrogens is 5. The van der Waals surface area contributed by atoms with Crippen molar-refractivity contribution in [2.45, 2.75) is 51.3 Å². The molecule has 10 heteroatoms. The summed E-state index contributed by atoms with van der Waals surface area (Å²) < 4.78 is 22.1. The van der Waals surface area contributed by atoms with Crippen LogP contribution in [0.5, 0.6) is 0 Å². The van der Waals surface area contributed by atoms with Crippen LogP contribution >= 0.6 is 0 Å². The highest BCUT2D eigenvalue weighted by Crippen LogP contribution is 2.28. The van der Waals surface area contributed by atoms with E-state index in [1.54, 1.807) is 16.9 Å². The topological polar surface area (TPSA) is 118 Å². The number of ether oxygens (including phenoxy) is 1. The van der Waals surface area contributed by atoms with E-state index in [1.165, 1.54) is 13.3 Å². The van der Waals surface area contributed by atoms with Crippen LogP contribution in [-0.4, -0.2) is 47.1 Å². The maximum atomic E-state index is 12.8. The van der Waals surface area contributed by atoms with Gasteiger partial charge in [0.05, 0.1) is 36.3 Å². The van der Waals surface area contributed by atoms with Crippen LogP contribution < -0.4 is 4.72 Å². The summed E-state index contributed by atoms with van der Waals surface area (Å²) in [4.78, 5) is 25.1. The van der Waals surface area contributed by atoms with Crippen LogP contribution in [0.1, 0.15) is 62.9 Å². The monoisotopic (exact) mass is 506 g/mol. The lowest BCUT2D eigenvalue weighted by Gasteiger charge is -2.27. The zero-order chi connectivity index (χ0) is 25.9. The fraction of sp³-hybridized carbons (Fsp3) is 0.346. The lowest BCUT2D eigenvalue weighted by atomic mass is 10.1. The molecule has 9 nitrogen and oxygen atoms in total. The van der Waals surface area contributed by atoms with E-state index in [4.69, 9.17) is 9.72 Å². The van der Waals surface area contributed by atoms with Crippen LogP contribution in [0.25, 0.3) is 28.0 Å². The molecule has 0 radical (unpaired) electrons. The molecule has 4 rings (SSSR count). The third-order valence-electron chi connectivity index (χ3n) is 5.60. The number of esters is 1. The van der Waals surface area contributed by atoms with Gasteiger partial charge in [-0.1, -0.05) is 31.5 Å². The first kappa shape index (κ1) is 25.7. The van der Waals surface area contributed by atoms with E-state index in [2.05, 4.69) is 26.7 Å². The number of methoxy groups -OCH3 is 1. The molecule has 4 aromatic rings. The smallest absolute Gasteiger partial charge is 0.376 e. The molecule has 0 spiro atoms. The van der Waals surface area contributed by atoms with Gasteiger partial charge in [-0.25, -0.2) is 19.4 Å². The number of nitrogens with zero attached hydrogens (tertiary/aromatic N) is 5. The van der Waals surface area contributed by atoms with Crippen LogP contribution in [0.3, 0.4) is 0 Å². The minimum Gasteiger partial charge on any atom is -0.598 e. The van der Waals surface area contributed by atoms with Crippen LogP contribution in [0.2, 0.25) is 0 Å². The van der Waals surface area contributed by atoms with E-state index in [1.807, 2.05) is 57.2 Å². The predicted octanol–water partition coefficient (Wildman–Crippen LogP) is 4.56. The molecule has 0 unspecified atom stereocenters. The number of carbonyl (C=O) groups is 1. The van der Waals surface area contributed by atoms with Gasteiger partial charge in [0.2, 0.25) is 5.82 Å². The molecule has 0 saturated heterocycles. The van der Waals surface area contributed by atoms with Crippen LogP contribution in [0.15, 0.2) is 54.9 Å². The van der Waals surface area contributed by atoms with Crippen molar-refractivity contribution < 1.29 is 14.1 Å². The largest absolute Gasteiger partial charge is 0.598 e. The second-order valence-corrected chi connectivity index (χ2v) is 11.3. The number of hydrogen-bond donors (Lipinski definition) is 1. The number of benzene rings is 1. The molecule has 3 aromatic heterocycles. The van der Waals surface area contributed by atoms with Crippen molar-refractivity contribution >= 4 is 28.2 Å². The van der Waals surface area contributed by atoms with Crippen molar-refractivity contribution in [3.05, 3.63) is 66.4 Å². The Morgan fingerprint density at radius 3 is 2.72 bits per heavy atom. The van der Waals surface area contributed by atoms with Gasteiger partial charge in [0.25, 0.3) is 0 Å². The third-order valence-corrected chi connectivity index (χ3v) is 7.21. The van der Waals surface area contributed by atoms with Crippen molar-refractivity contribution in [2.75, 3.05) is 7.11 Å². The average Bonchev–Trinajstić information content (AvgIpc) is 3.31. The van der Waals surface area contributed by atoms with Crippen LogP contribution in [-0.2, 0) is 16.1 Å². The molecule has 0 saturated carbocycles. The van der Waals surface area contributed by atoms with Crippen LogP contribution in [0.4, 0.5) is 0 Å². The summed E-state index contributed by atoms with van der Waals surface area (Å²) >= 11 is -1.21. The van der Waals surface area contributed by atoms with Crippen molar-refractivity contribution in [1.29, 1.82) is 0 Å². The van der Waals surface area contributed by atoms with Crippen LogP contribution in [0, 0.1) is 0 Å². The number of hydrogen-bond acceptors (Lipinski definition) is 8. The third kappa shape index (κ3) is 5.56. The van der Waals surface area contributed by atoms with E-state index in [0.717, 1.165) is 40.7 Å². The normalized spacial score (nSPS) is 13.5. The standard InChI is InChI=1S/C26H30N6O3S/c1-6-8-21(31-36(34)26(2,3)4)20-10-7-9-19(29-20)17-11-12-18-16-28-32(22(18)15-17)23-13-14-27-24(30-23)25(33)35-5/h7,9-16,21,31H,6,8H2,1-5H3/t21-,36+/m0/s1. The van der Waals surface area contributed by atoms with Crippen molar-refractivity contribution in [3.8, 4) is 17.1 Å². The second-order valence-electron chi connectivity index (χ2n) is 9.35. The lowest BCUT2D eigenvalue weighted by molar-refractivity contribution is 0.0586. The second kappa shape index (κ2) is 10.7. The summed E-state index contributed by atoms with van der Waals surface area (Å²) in [5, 5.41) is 5.38. The molecule has 0 amide bonds. The Morgan fingerprint density at radius 2 is 2.00 bits per heavy atom. The van der Waals surface area contributed by atoms with Gasteiger partial charge >= 0.3 is 5.97 Å². The Labute approximate surface area is 213 Å². The summed E-state index contributed by atoms with van der Waals surface area (Å²) in [6.45, 7) is 7.96. The molecule has 188 valence electrons. The van der Waals surface area contributed by atoms with E-state index in [-0.39, 0.29) is 16.6 Å². The molecule has 2 atom stereocenters. The maximum absolute atomic E-state index is 12.8. The number of pyridine rings is 1. The van der Waals surface area contributed by atoms with Gasteiger partial charge in [-0.15, -0.1) is 4.72 Å². The first-order valence-corrected chi connectivity index (χ1v) is 12.9. The van der Waals surface area contributed by atoms with Gasteiger partial charge in [-0.3, -0.25) is 4.98 Å². The summed E-state index contributed by atoms with van der Waals surface area (Å²) in [5.74, 6) is -0.194. The molecule has 0 aliphatic carbocycles. The van der Waals surface area contributed by atoms with E-state index >= 15 is 0 Å². The molecule has 1 aromatic carbocycles. The Balaban J connectivity index is 1.70. The van der Waals surface area contributed by atoms with Crippen molar-refractivity contribution in [2.24, 2.45) is 0 Å². The van der Waals surface area contributed by atoms with E-state index < -0.39 is 17.3 Å². The van der Waals surface area contributed by atoms with E-state index in [0.29, 0.717) is 5.82 Å². The number of rotatable bonds is 8. The van der Waals surface area contributed by atoms with E-state index in [9.17, 15) is 9.35 Å². The highest BCUT2D eigenvalue weighted by Gasteiger charge is 2.30. The highest BCUT2D eigenvalue weighted by molar-refractivity contribution is 7.90. The number of fused-ring (bicyclic) bond motifs is 1. The summed E-state index contributed by atoms with van der Waals surface area (Å²) in [7, 11) is 1.29. The molecule has 1 N–H and O–H groups in total. The van der Waals surface area contributed by atoms with Gasteiger partial charge in [-0.2, -0.15) is 5.10 Å². The Hall–Kier alpha value is -3.34. The molecule has 36 heavy (non-hydrogen) atoms. The fourth-order valence-corrected chi connectivity index (χ4v) is 4.54. The molecule has 0 bridgehead atoms. The first-order valence-electron chi connectivity index (χ1n) is 11.8. The molecule has 3 heterocycles. The van der Waals surface area contributed by atoms with Gasteiger partial charge in [0.1, 0.15) is 4.75 Å². The minimum absolute atomic E-state index is 0.0358. The van der Waals surface area contributed by atoms with Crippen molar-refractivity contribution in [1.82, 2.24) is 29.5 Å². The molecular formula is C26H30N6O3S. The average molecular weight is 507 g/mol. The van der Waals surface area contributed by atoms with Gasteiger partial charge in [-0.05, 0) is 45.4 Å². The molecule has 0 aliphatic rings. The zero-order valence-electron chi connectivity index (χ0n) is 21.1. The SMILES string of the molecule is CCC[C@H](N[S@+]([O-])C(C)(C)C)c1cccc(-c2ccc3cnn(-c4ccnc(C(=O)OC)n4)c3c2)n1. The summed E-state index contributed by atoms with van der Waals surface area (Å²) in [6, 6.07) is 13.4. The minimum atomic E-state index is -1.21.